The Labute approximate surface area is 149 Å². The van der Waals surface area contributed by atoms with Crippen LogP contribution >= 0.6 is 12.2 Å². The number of nitrogens with two attached hydrogens (primary N) is 2. The van der Waals surface area contributed by atoms with Gasteiger partial charge in [0.15, 0.2) is 5.05 Å². The van der Waals surface area contributed by atoms with Gasteiger partial charge in [-0.15, -0.1) is 0 Å². The molecule has 0 fully saturated rings. The lowest BCUT2D eigenvalue weighted by Crippen LogP contribution is -2.33. The van der Waals surface area contributed by atoms with E-state index < -0.39 is 0 Å². The molecule has 0 aromatic carbocycles. The molecule has 0 saturated carbocycles. The van der Waals surface area contributed by atoms with E-state index in [1.165, 1.54) is 77.0 Å². The van der Waals surface area contributed by atoms with Crippen molar-refractivity contribution in [1.29, 1.82) is 0 Å². The van der Waals surface area contributed by atoms with Crippen LogP contribution in [0.2, 0.25) is 0 Å². The van der Waals surface area contributed by atoms with E-state index in [-0.39, 0.29) is 6.10 Å². The SMILES string of the molecule is CCCCCCCCCCCCCCCC(=S)OC(CN)CN. The first kappa shape index (κ1) is 22.8. The number of hydrogen-bond donors (Lipinski definition) is 2. The van der Waals surface area contributed by atoms with E-state index in [0.29, 0.717) is 18.1 Å². The van der Waals surface area contributed by atoms with Crippen molar-refractivity contribution in [1.82, 2.24) is 0 Å². The summed E-state index contributed by atoms with van der Waals surface area (Å²) >= 11 is 5.22. The molecule has 0 aromatic heterocycles. The van der Waals surface area contributed by atoms with Crippen molar-refractivity contribution in [3.8, 4) is 0 Å². The van der Waals surface area contributed by atoms with E-state index in [0.717, 1.165) is 12.8 Å². The summed E-state index contributed by atoms with van der Waals surface area (Å²) in [7, 11) is 0. The first-order chi connectivity index (χ1) is 11.2. The van der Waals surface area contributed by atoms with E-state index in [1.807, 2.05) is 0 Å². The van der Waals surface area contributed by atoms with Gasteiger partial charge in [0.2, 0.25) is 0 Å². The highest BCUT2D eigenvalue weighted by atomic mass is 32.1. The van der Waals surface area contributed by atoms with E-state index in [4.69, 9.17) is 28.4 Å². The van der Waals surface area contributed by atoms with Crippen LogP contribution in [0.15, 0.2) is 0 Å². The van der Waals surface area contributed by atoms with Crippen LogP contribution in [0, 0.1) is 0 Å². The van der Waals surface area contributed by atoms with Gasteiger partial charge in [0, 0.05) is 19.5 Å². The zero-order chi connectivity index (χ0) is 17.2. The Balaban J connectivity index is 3.20. The highest BCUT2D eigenvalue weighted by Crippen LogP contribution is 2.13. The standard InChI is InChI=1S/C19H40N2OS/c1-2-3-4-5-6-7-8-9-10-11-12-13-14-15-19(23)22-18(16-20)17-21/h18H,2-17,20-21H2,1H3. The molecule has 0 aliphatic rings. The van der Waals surface area contributed by atoms with Gasteiger partial charge in [0.1, 0.15) is 6.10 Å². The van der Waals surface area contributed by atoms with Crippen molar-refractivity contribution in [2.24, 2.45) is 11.5 Å². The van der Waals surface area contributed by atoms with Gasteiger partial charge in [-0.1, -0.05) is 84.0 Å². The van der Waals surface area contributed by atoms with Crippen LogP contribution < -0.4 is 11.5 Å². The molecule has 0 aliphatic carbocycles. The normalized spacial score (nSPS) is 11.1. The molecule has 23 heavy (non-hydrogen) atoms. The van der Waals surface area contributed by atoms with Gasteiger partial charge < -0.3 is 16.2 Å². The Bertz CT molecular complexity index is 258. The molecular formula is C19H40N2OS. The topological polar surface area (TPSA) is 61.3 Å². The quantitative estimate of drug-likeness (QED) is 0.285. The first-order valence-electron chi connectivity index (χ1n) is 9.84. The van der Waals surface area contributed by atoms with Crippen molar-refractivity contribution in [2.75, 3.05) is 13.1 Å². The summed E-state index contributed by atoms with van der Waals surface area (Å²) < 4.78 is 5.54. The number of ether oxygens (including phenoxy) is 1. The fourth-order valence-electron chi connectivity index (χ4n) is 2.72. The van der Waals surface area contributed by atoms with E-state index in [2.05, 4.69) is 6.92 Å². The predicted molar refractivity (Wildman–Crippen MR) is 106 cm³/mol. The Hall–Kier alpha value is -0.190. The van der Waals surface area contributed by atoms with Crippen molar-refractivity contribution in [2.45, 2.75) is 103 Å². The van der Waals surface area contributed by atoms with Gasteiger partial charge in [-0.2, -0.15) is 0 Å². The summed E-state index contributed by atoms with van der Waals surface area (Å²) in [5.41, 5.74) is 11.1. The van der Waals surface area contributed by atoms with Gasteiger partial charge in [-0.25, -0.2) is 0 Å². The van der Waals surface area contributed by atoms with Gasteiger partial charge >= 0.3 is 0 Å². The molecule has 0 atom stereocenters. The van der Waals surface area contributed by atoms with Crippen LogP contribution in [0.3, 0.4) is 0 Å². The Kier molecular flexibility index (Phi) is 18.0. The Morgan fingerprint density at radius 1 is 0.739 bits per heavy atom. The summed E-state index contributed by atoms with van der Waals surface area (Å²) in [6, 6.07) is 0. The lowest BCUT2D eigenvalue weighted by atomic mass is 10.0. The smallest absolute Gasteiger partial charge is 0.160 e. The lowest BCUT2D eigenvalue weighted by molar-refractivity contribution is 0.204. The average Bonchev–Trinajstić information content (AvgIpc) is 2.56. The van der Waals surface area contributed by atoms with Gasteiger partial charge in [-0.3, -0.25) is 0 Å². The molecule has 0 saturated heterocycles. The molecule has 0 aromatic rings. The molecule has 0 unspecified atom stereocenters. The summed E-state index contributed by atoms with van der Waals surface area (Å²) in [5, 5.41) is 0.675. The van der Waals surface area contributed by atoms with Gasteiger partial charge in [-0.05, 0) is 18.6 Å². The minimum atomic E-state index is -0.107. The number of thiocarbonyl (C=S) groups is 1. The van der Waals surface area contributed by atoms with Crippen LogP contribution in [0.4, 0.5) is 0 Å². The third-order valence-corrected chi connectivity index (χ3v) is 4.61. The molecule has 3 nitrogen and oxygen atoms in total. The van der Waals surface area contributed by atoms with Crippen molar-refractivity contribution in [3.63, 3.8) is 0 Å². The van der Waals surface area contributed by atoms with E-state index in [1.54, 1.807) is 0 Å². The van der Waals surface area contributed by atoms with Gasteiger partial charge in [0.25, 0.3) is 0 Å². The highest BCUT2D eigenvalue weighted by Gasteiger charge is 2.07. The zero-order valence-corrected chi connectivity index (χ0v) is 16.2. The van der Waals surface area contributed by atoms with Gasteiger partial charge in [0.05, 0.1) is 0 Å². The monoisotopic (exact) mass is 344 g/mol. The average molecular weight is 345 g/mol. The Morgan fingerprint density at radius 3 is 1.52 bits per heavy atom. The van der Waals surface area contributed by atoms with Crippen LogP contribution in [0.5, 0.6) is 0 Å². The summed E-state index contributed by atoms with van der Waals surface area (Å²) in [6.45, 7) is 3.15. The number of hydrogen-bond acceptors (Lipinski definition) is 4. The molecule has 0 bridgehead atoms. The zero-order valence-electron chi connectivity index (χ0n) is 15.4. The van der Waals surface area contributed by atoms with Crippen LogP contribution in [0.25, 0.3) is 0 Å². The van der Waals surface area contributed by atoms with Crippen LogP contribution in [-0.2, 0) is 4.74 Å². The molecule has 138 valence electrons. The third kappa shape index (κ3) is 16.5. The first-order valence-corrected chi connectivity index (χ1v) is 10.2. The molecule has 0 aliphatic heterocycles. The Morgan fingerprint density at radius 2 is 1.13 bits per heavy atom. The summed E-state index contributed by atoms with van der Waals surface area (Å²) in [4.78, 5) is 0. The maximum atomic E-state index is 5.54. The van der Waals surface area contributed by atoms with E-state index >= 15 is 0 Å². The number of rotatable bonds is 17. The summed E-state index contributed by atoms with van der Waals surface area (Å²) in [6.07, 6.45) is 18.5. The largest absolute Gasteiger partial charge is 0.481 e. The van der Waals surface area contributed by atoms with Crippen molar-refractivity contribution in [3.05, 3.63) is 0 Å². The molecule has 0 radical (unpaired) electrons. The second-order valence-electron chi connectivity index (χ2n) is 6.58. The molecule has 0 rings (SSSR count). The second kappa shape index (κ2) is 18.2. The van der Waals surface area contributed by atoms with Crippen molar-refractivity contribution >= 4 is 17.3 Å². The second-order valence-corrected chi connectivity index (χ2v) is 7.03. The fourth-order valence-corrected chi connectivity index (χ4v) is 3.00. The van der Waals surface area contributed by atoms with E-state index in [9.17, 15) is 0 Å². The maximum Gasteiger partial charge on any atom is 0.160 e. The minimum Gasteiger partial charge on any atom is -0.481 e. The third-order valence-electron chi connectivity index (χ3n) is 4.31. The maximum absolute atomic E-state index is 5.54. The fraction of sp³-hybridized carbons (Fsp3) is 0.947. The molecule has 0 amide bonds. The molecule has 0 heterocycles. The highest BCUT2D eigenvalue weighted by molar-refractivity contribution is 7.80. The predicted octanol–water partition coefficient (Wildman–Crippen LogP) is 5.10. The molecular weight excluding hydrogens is 304 g/mol. The van der Waals surface area contributed by atoms with Crippen LogP contribution in [0.1, 0.15) is 96.8 Å². The van der Waals surface area contributed by atoms with Crippen LogP contribution in [-0.4, -0.2) is 24.2 Å². The minimum absolute atomic E-state index is 0.107. The lowest BCUT2D eigenvalue weighted by Gasteiger charge is -2.15. The molecule has 4 N–H and O–H groups in total. The number of unbranched alkanes of at least 4 members (excludes halogenated alkanes) is 12. The molecule has 4 heteroatoms. The molecule has 0 spiro atoms. The summed E-state index contributed by atoms with van der Waals surface area (Å²) in [5.74, 6) is 0. The van der Waals surface area contributed by atoms with Crippen molar-refractivity contribution < 1.29 is 4.74 Å².